The first-order valence-electron chi connectivity index (χ1n) is 4.19. The van der Waals surface area contributed by atoms with E-state index in [-0.39, 0.29) is 5.56 Å². The second kappa shape index (κ2) is 4.11. The molecule has 0 saturated heterocycles. The van der Waals surface area contributed by atoms with E-state index in [1.807, 2.05) is 0 Å². The molecule has 0 aliphatic heterocycles. The van der Waals surface area contributed by atoms with Crippen LogP contribution in [0.1, 0.15) is 15.9 Å². The number of nitrogens with two attached hydrogens (primary N) is 1. The van der Waals surface area contributed by atoms with E-state index in [9.17, 15) is 23.3 Å². The van der Waals surface area contributed by atoms with Crippen LogP contribution in [0.15, 0.2) is 17.0 Å². The summed E-state index contributed by atoms with van der Waals surface area (Å²) >= 11 is 0. The van der Waals surface area contributed by atoms with E-state index in [0.717, 1.165) is 12.1 Å². The lowest BCUT2D eigenvalue weighted by atomic mass is 10.1. The molecular formula is C8H8N2O6S. The van der Waals surface area contributed by atoms with Crippen molar-refractivity contribution in [1.29, 1.82) is 0 Å². The van der Waals surface area contributed by atoms with E-state index in [1.54, 1.807) is 0 Å². The van der Waals surface area contributed by atoms with Gasteiger partial charge in [0.05, 0.1) is 15.4 Å². The number of carboxylic acid groups (broad SMARTS) is 1. The Morgan fingerprint density at radius 3 is 2.35 bits per heavy atom. The molecule has 0 atom stereocenters. The van der Waals surface area contributed by atoms with Crippen LogP contribution in [0.5, 0.6) is 0 Å². The Labute approximate surface area is 95.9 Å². The second-order valence-corrected chi connectivity index (χ2v) is 4.78. The molecule has 0 radical (unpaired) electrons. The van der Waals surface area contributed by atoms with Crippen LogP contribution in [0.25, 0.3) is 0 Å². The zero-order valence-corrected chi connectivity index (χ0v) is 9.39. The van der Waals surface area contributed by atoms with Gasteiger partial charge in [0, 0.05) is 11.6 Å². The van der Waals surface area contributed by atoms with E-state index >= 15 is 0 Å². The Balaban J connectivity index is 3.71. The van der Waals surface area contributed by atoms with Crippen molar-refractivity contribution in [2.45, 2.75) is 11.8 Å². The zero-order valence-electron chi connectivity index (χ0n) is 8.58. The summed E-state index contributed by atoms with van der Waals surface area (Å²) < 4.78 is 22.1. The van der Waals surface area contributed by atoms with E-state index in [1.165, 1.54) is 6.92 Å². The largest absolute Gasteiger partial charge is 0.478 e. The Kier molecular flexibility index (Phi) is 3.16. The number of nitrogens with zero attached hydrogens (tertiary/aromatic N) is 1. The number of rotatable bonds is 3. The van der Waals surface area contributed by atoms with Gasteiger partial charge in [-0.3, -0.25) is 10.1 Å². The first kappa shape index (κ1) is 13.1. The minimum Gasteiger partial charge on any atom is -0.478 e. The third kappa shape index (κ3) is 2.57. The number of hydrogen-bond acceptors (Lipinski definition) is 5. The summed E-state index contributed by atoms with van der Waals surface area (Å²) in [5.74, 6) is -1.46. The number of nitro benzene ring substituents is 1. The first-order valence-corrected chi connectivity index (χ1v) is 5.74. The van der Waals surface area contributed by atoms with Gasteiger partial charge in [-0.15, -0.1) is 0 Å². The number of benzene rings is 1. The third-order valence-corrected chi connectivity index (χ3v) is 3.00. The van der Waals surface area contributed by atoms with E-state index in [4.69, 9.17) is 10.2 Å². The smallest absolute Gasteiger partial charge is 0.336 e. The fourth-order valence-electron chi connectivity index (χ4n) is 1.25. The normalized spacial score (nSPS) is 11.2. The van der Waals surface area contributed by atoms with Crippen molar-refractivity contribution in [3.63, 3.8) is 0 Å². The molecule has 0 fully saturated rings. The number of carboxylic acids is 1. The van der Waals surface area contributed by atoms with E-state index in [0.29, 0.717) is 0 Å². The number of primary sulfonamides is 1. The number of nitro groups is 1. The topological polar surface area (TPSA) is 141 Å². The molecule has 0 bridgehead atoms. The maximum Gasteiger partial charge on any atom is 0.336 e. The predicted octanol–water partition coefficient (Wildman–Crippen LogP) is 0.249. The first-order chi connectivity index (χ1) is 7.64. The van der Waals surface area contributed by atoms with Gasteiger partial charge >= 0.3 is 5.97 Å². The van der Waals surface area contributed by atoms with Gasteiger partial charge in [-0.1, -0.05) is 0 Å². The Morgan fingerprint density at radius 2 is 2.00 bits per heavy atom. The molecule has 8 nitrogen and oxygen atoms in total. The summed E-state index contributed by atoms with van der Waals surface area (Å²) in [6.07, 6.45) is 0. The van der Waals surface area contributed by atoms with Crippen molar-refractivity contribution < 1.29 is 23.2 Å². The van der Waals surface area contributed by atoms with Crippen molar-refractivity contribution in [1.82, 2.24) is 0 Å². The van der Waals surface area contributed by atoms with Crippen LogP contribution in [-0.4, -0.2) is 24.4 Å². The lowest BCUT2D eigenvalue weighted by Crippen LogP contribution is -2.14. The highest BCUT2D eigenvalue weighted by atomic mass is 32.2. The van der Waals surface area contributed by atoms with Gasteiger partial charge in [0.1, 0.15) is 0 Å². The minimum absolute atomic E-state index is 0.130. The van der Waals surface area contributed by atoms with Crippen molar-refractivity contribution >= 4 is 21.7 Å². The summed E-state index contributed by atoms with van der Waals surface area (Å²) in [7, 11) is -4.20. The van der Waals surface area contributed by atoms with Gasteiger partial charge in [0.2, 0.25) is 10.0 Å². The quantitative estimate of drug-likeness (QED) is 0.589. The monoisotopic (exact) mass is 260 g/mol. The molecule has 0 saturated carbocycles. The summed E-state index contributed by atoms with van der Waals surface area (Å²) in [6, 6.07) is 1.52. The van der Waals surface area contributed by atoms with Gasteiger partial charge in [0.15, 0.2) is 0 Å². The van der Waals surface area contributed by atoms with Gasteiger partial charge in [-0.2, -0.15) is 0 Å². The van der Waals surface area contributed by atoms with Gasteiger partial charge in [0.25, 0.3) is 5.69 Å². The van der Waals surface area contributed by atoms with Crippen LogP contribution >= 0.6 is 0 Å². The van der Waals surface area contributed by atoms with Gasteiger partial charge < -0.3 is 5.11 Å². The maximum atomic E-state index is 11.1. The zero-order chi connectivity index (χ0) is 13.4. The number of aromatic carboxylic acids is 1. The highest BCUT2D eigenvalue weighted by Crippen LogP contribution is 2.25. The molecule has 92 valence electrons. The number of carbonyl (C=O) groups is 1. The number of hydrogen-bond donors (Lipinski definition) is 2. The molecule has 1 rings (SSSR count). The van der Waals surface area contributed by atoms with Crippen LogP contribution in [0.2, 0.25) is 0 Å². The van der Waals surface area contributed by atoms with Crippen LogP contribution in [0, 0.1) is 17.0 Å². The Hall–Kier alpha value is -2.00. The molecule has 0 aliphatic carbocycles. The summed E-state index contributed by atoms with van der Waals surface area (Å²) in [5.41, 5.74) is -1.20. The average molecular weight is 260 g/mol. The maximum absolute atomic E-state index is 11.1. The third-order valence-electron chi connectivity index (χ3n) is 2.11. The van der Waals surface area contributed by atoms with Crippen molar-refractivity contribution in [3.8, 4) is 0 Å². The molecule has 17 heavy (non-hydrogen) atoms. The molecule has 9 heteroatoms. The second-order valence-electron chi connectivity index (χ2n) is 3.22. The Bertz CT molecular complexity index is 571. The average Bonchev–Trinajstić information content (AvgIpc) is 2.14. The van der Waals surface area contributed by atoms with Crippen molar-refractivity contribution in [2.75, 3.05) is 0 Å². The molecule has 1 aromatic rings. The van der Waals surface area contributed by atoms with E-state index < -0.39 is 37.1 Å². The highest BCUT2D eigenvalue weighted by molar-refractivity contribution is 7.89. The van der Waals surface area contributed by atoms with Crippen LogP contribution in [0.3, 0.4) is 0 Å². The van der Waals surface area contributed by atoms with Crippen LogP contribution in [0.4, 0.5) is 5.69 Å². The fourth-order valence-corrected chi connectivity index (χ4v) is 1.81. The molecule has 0 amide bonds. The Morgan fingerprint density at radius 1 is 1.47 bits per heavy atom. The van der Waals surface area contributed by atoms with Gasteiger partial charge in [-0.05, 0) is 13.0 Å². The summed E-state index contributed by atoms with van der Waals surface area (Å²) in [6.45, 7) is 1.22. The SMILES string of the molecule is Cc1c(C(=O)O)cc(S(N)(=O)=O)cc1[N+](=O)[O-]. The van der Waals surface area contributed by atoms with Crippen molar-refractivity contribution in [3.05, 3.63) is 33.4 Å². The predicted molar refractivity (Wildman–Crippen MR) is 56.2 cm³/mol. The van der Waals surface area contributed by atoms with Crippen LogP contribution in [-0.2, 0) is 10.0 Å². The molecule has 0 unspecified atom stereocenters. The van der Waals surface area contributed by atoms with E-state index in [2.05, 4.69) is 0 Å². The van der Waals surface area contributed by atoms with Gasteiger partial charge in [-0.25, -0.2) is 18.4 Å². The standard InChI is InChI=1S/C8H8N2O6S/c1-4-6(8(11)12)2-5(17(9,15)16)3-7(4)10(13)14/h2-3H,1H3,(H,11,12)(H2,9,15,16). The lowest BCUT2D eigenvalue weighted by Gasteiger charge is -2.05. The fraction of sp³-hybridized carbons (Fsp3) is 0.125. The summed E-state index contributed by atoms with van der Waals surface area (Å²) in [4.78, 5) is 20.0. The highest BCUT2D eigenvalue weighted by Gasteiger charge is 2.23. The molecular weight excluding hydrogens is 252 g/mol. The number of sulfonamides is 1. The molecule has 3 N–H and O–H groups in total. The molecule has 0 aliphatic rings. The summed E-state index contributed by atoms with van der Waals surface area (Å²) in [5, 5.41) is 24.3. The molecule has 0 spiro atoms. The minimum atomic E-state index is -4.20. The molecule has 1 aromatic carbocycles. The van der Waals surface area contributed by atoms with Crippen LogP contribution < -0.4 is 5.14 Å². The molecule has 0 aromatic heterocycles. The van der Waals surface area contributed by atoms with Crippen molar-refractivity contribution in [2.24, 2.45) is 5.14 Å². The molecule has 0 heterocycles. The lowest BCUT2D eigenvalue weighted by molar-refractivity contribution is -0.385.